The molecule has 4 heteroatoms. The van der Waals surface area contributed by atoms with E-state index in [-0.39, 0.29) is 5.97 Å². The predicted octanol–water partition coefficient (Wildman–Crippen LogP) is 4.78. The summed E-state index contributed by atoms with van der Waals surface area (Å²) in [5.41, 5.74) is 1.02. The van der Waals surface area contributed by atoms with E-state index in [4.69, 9.17) is 21.1 Å². The third kappa shape index (κ3) is 6.67. The minimum Gasteiger partial charge on any atom is -0.505 e. The maximum atomic E-state index is 12.0. The highest BCUT2D eigenvalue weighted by molar-refractivity contribution is 6.31. The van der Waals surface area contributed by atoms with Crippen LogP contribution >= 0.6 is 11.6 Å². The molecular weight excluding hydrogens is 288 g/mol. The highest BCUT2D eigenvalue weighted by Crippen LogP contribution is 2.21. The van der Waals surface area contributed by atoms with Crippen LogP contribution < -0.4 is 0 Å². The first-order valence-electron chi connectivity index (χ1n) is 7.03. The highest BCUT2D eigenvalue weighted by atomic mass is 35.5. The number of esters is 1. The molecule has 0 saturated heterocycles. The van der Waals surface area contributed by atoms with Crippen molar-refractivity contribution in [2.24, 2.45) is 0 Å². The van der Waals surface area contributed by atoms with Gasteiger partial charge >= 0.3 is 5.97 Å². The number of aryl methyl sites for hydroxylation is 1. The topological polar surface area (TPSA) is 35.5 Å². The molecular formula is C17H23ClO3. The van der Waals surface area contributed by atoms with Crippen molar-refractivity contribution in [3.63, 3.8) is 0 Å². The summed E-state index contributed by atoms with van der Waals surface area (Å²) < 4.78 is 10.2. The van der Waals surface area contributed by atoms with Gasteiger partial charge in [0.2, 0.25) is 0 Å². The van der Waals surface area contributed by atoms with Crippen molar-refractivity contribution in [2.75, 3.05) is 7.11 Å². The maximum Gasteiger partial charge on any atom is 0.338 e. The Hall–Kier alpha value is -1.48. The Balaban J connectivity index is 2.63. The minimum atomic E-state index is -0.504. The van der Waals surface area contributed by atoms with Gasteiger partial charge in [0.25, 0.3) is 0 Å². The molecule has 1 aromatic rings. The number of halogens is 1. The first kappa shape index (κ1) is 17.6. The Bertz CT molecular complexity index is 501. The molecule has 1 aromatic carbocycles. The second-order valence-corrected chi connectivity index (χ2v) is 6.21. The average molecular weight is 311 g/mol. The fraction of sp³-hybridized carbons (Fsp3) is 0.471. The van der Waals surface area contributed by atoms with Crippen molar-refractivity contribution >= 4 is 17.6 Å². The van der Waals surface area contributed by atoms with Gasteiger partial charge in [0.1, 0.15) is 5.60 Å². The second-order valence-electron chi connectivity index (χ2n) is 5.81. The Kier molecular flexibility index (Phi) is 6.76. The summed E-state index contributed by atoms with van der Waals surface area (Å²) in [6, 6.07) is 5.33. The Morgan fingerprint density at radius 3 is 2.62 bits per heavy atom. The Labute approximate surface area is 131 Å². The number of hydrogen-bond acceptors (Lipinski definition) is 3. The number of hydrogen-bond donors (Lipinski definition) is 0. The molecule has 116 valence electrons. The number of methoxy groups -OCH3 is 1. The van der Waals surface area contributed by atoms with Gasteiger partial charge in [0.05, 0.1) is 18.9 Å². The summed E-state index contributed by atoms with van der Waals surface area (Å²) in [4.78, 5) is 12.0. The van der Waals surface area contributed by atoms with Crippen LogP contribution in [0.5, 0.6) is 0 Å². The first-order valence-corrected chi connectivity index (χ1v) is 7.41. The van der Waals surface area contributed by atoms with Crippen LogP contribution in [0.25, 0.3) is 0 Å². The van der Waals surface area contributed by atoms with Crippen molar-refractivity contribution in [3.05, 3.63) is 46.7 Å². The minimum absolute atomic E-state index is 0.348. The van der Waals surface area contributed by atoms with Crippen molar-refractivity contribution < 1.29 is 14.3 Å². The molecule has 0 fully saturated rings. The van der Waals surface area contributed by atoms with E-state index >= 15 is 0 Å². The van der Waals surface area contributed by atoms with Gasteiger partial charge in [-0.3, -0.25) is 0 Å². The highest BCUT2D eigenvalue weighted by Gasteiger charge is 2.18. The molecule has 21 heavy (non-hydrogen) atoms. The molecule has 0 unspecified atom stereocenters. The fourth-order valence-electron chi connectivity index (χ4n) is 1.79. The lowest BCUT2D eigenvalue weighted by Crippen LogP contribution is -2.23. The average Bonchev–Trinajstić information content (AvgIpc) is 2.38. The van der Waals surface area contributed by atoms with Crippen LogP contribution in [0.1, 0.15) is 49.5 Å². The zero-order valence-electron chi connectivity index (χ0n) is 13.1. The Morgan fingerprint density at radius 2 is 2.05 bits per heavy atom. The van der Waals surface area contributed by atoms with E-state index in [1.807, 2.05) is 32.9 Å². The summed E-state index contributed by atoms with van der Waals surface area (Å²) in [5.74, 6) is -0.348. The third-order valence-electron chi connectivity index (χ3n) is 2.74. The number of carbonyl (C=O) groups excluding carboxylic acids is 1. The SMILES string of the molecule is CO/C=C/CCCc1ccc(C(=O)OC(C)(C)C)cc1Cl. The van der Waals surface area contributed by atoms with Crippen LogP contribution in [0, 0.1) is 0 Å². The molecule has 0 heterocycles. The van der Waals surface area contributed by atoms with Crippen molar-refractivity contribution in [1.29, 1.82) is 0 Å². The molecule has 0 bridgehead atoms. The third-order valence-corrected chi connectivity index (χ3v) is 3.09. The number of unbranched alkanes of at least 4 members (excludes halogenated alkanes) is 1. The number of benzene rings is 1. The first-order chi connectivity index (χ1) is 9.83. The van der Waals surface area contributed by atoms with Crippen LogP contribution in [-0.4, -0.2) is 18.7 Å². The van der Waals surface area contributed by atoms with Gasteiger partial charge in [-0.2, -0.15) is 0 Å². The van der Waals surface area contributed by atoms with Gasteiger partial charge in [-0.15, -0.1) is 0 Å². The lowest BCUT2D eigenvalue weighted by Gasteiger charge is -2.19. The molecule has 0 amide bonds. The molecule has 0 aliphatic heterocycles. The van der Waals surface area contributed by atoms with Gasteiger partial charge in [0, 0.05) is 5.02 Å². The van der Waals surface area contributed by atoms with Crippen LogP contribution in [0.4, 0.5) is 0 Å². The number of rotatable bonds is 6. The molecule has 1 rings (SSSR count). The van der Waals surface area contributed by atoms with E-state index in [0.717, 1.165) is 24.8 Å². The monoisotopic (exact) mass is 310 g/mol. The normalized spacial score (nSPS) is 11.7. The van der Waals surface area contributed by atoms with Gasteiger partial charge in [-0.25, -0.2) is 4.79 Å². The zero-order chi connectivity index (χ0) is 15.9. The molecule has 0 aliphatic rings. The Morgan fingerprint density at radius 1 is 1.33 bits per heavy atom. The second kappa shape index (κ2) is 8.08. The summed E-state index contributed by atoms with van der Waals surface area (Å²) in [5, 5.41) is 0.606. The molecule has 0 aromatic heterocycles. The molecule has 0 N–H and O–H groups in total. The van der Waals surface area contributed by atoms with Crippen LogP contribution in [0.2, 0.25) is 5.02 Å². The lowest BCUT2D eigenvalue weighted by atomic mass is 10.1. The zero-order valence-corrected chi connectivity index (χ0v) is 13.9. The largest absolute Gasteiger partial charge is 0.505 e. The maximum absolute atomic E-state index is 12.0. The van der Waals surface area contributed by atoms with Gasteiger partial charge < -0.3 is 9.47 Å². The van der Waals surface area contributed by atoms with Gasteiger partial charge in [-0.1, -0.05) is 17.7 Å². The van der Waals surface area contributed by atoms with E-state index in [2.05, 4.69) is 0 Å². The van der Waals surface area contributed by atoms with E-state index in [0.29, 0.717) is 10.6 Å². The molecule has 0 radical (unpaired) electrons. The van der Waals surface area contributed by atoms with Crippen molar-refractivity contribution in [2.45, 2.75) is 45.6 Å². The predicted molar refractivity (Wildman–Crippen MR) is 85.7 cm³/mol. The van der Waals surface area contributed by atoms with Crippen molar-refractivity contribution in [1.82, 2.24) is 0 Å². The van der Waals surface area contributed by atoms with E-state index in [1.165, 1.54) is 0 Å². The fourth-order valence-corrected chi connectivity index (χ4v) is 2.06. The number of carbonyl (C=O) groups is 1. The molecule has 0 spiro atoms. The smallest absolute Gasteiger partial charge is 0.338 e. The molecule has 0 saturated carbocycles. The van der Waals surface area contributed by atoms with E-state index < -0.39 is 5.60 Å². The quantitative estimate of drug-likeness (QED) is 0.431. The summed E-state index contributed by atoms with van der Waals surface area (Å²) in [6.45, 7) is 5.53. The summed E-state index contributed by atoms with van der Waals surface area (Å²) in [6.07, 6.45) is 6.42. The molecule has 0 atom stereocenters. The standard InChI is InChI=1S/C17H23ClO3/c1-17(2,3)21-16(19)14-10-9-13(15(18)12-14)8-6-5-7-11-20-4/h7,9-12H,5-6,8H2,1-4H3/b11-7+. The molecule has 3 nitrogen and oxygen atoms in total. The van der Waals surface area contributed by atoms with Gasteiger partial charge in [-0.05, 0) is 63.8 Å². The lowest BCUT2D eigenvalue weighted by molar-refractivity contribution is 0.00695. The van der Waals surface area contributed by atoms with E-state index in [9.17, 15) is 4.79 Å². The van der Waals surface area contributed by atoms with Gasteiger partial charge in [0.15, 0.2) is 0 Å². The van der Waals surface area contributed by atoms with E-state index in [1.54, 1.807) is 25.5 Å². The molecule has 0 aliphatic carbocycles. The van der Waals surface area contributed by atoms with Crippen LogP contribution in [-0.2, 0) is 15.9 Å². The van der Waals surface area contributed by atoms with Crippen LogP contribution in [0.3, 0.4) is 0 Å². The number of allylic oxidation sites excluding steroid dienone is 1. The summed E-state index contributed by atoms with van der Waals surface area (Å²) >= 11 is 6.23. The van der Waals surface area contributed by atoms with Crippen molar-refractivity contribution in [3.8, 4) is 0 Å². The summed E-state index contributed by atoms with van der Waals surface area (Å²) in [7, 11) is 1.63. The number of ether oxygens (including phenoxy) is 2. The van der Waals surface area contributed by atoms with Crippen LogP contribution in [0.15, 0.2) is 30.5 Å².